The highest BCUT2D eigenvalue weighted by Crippen LogP contribution is 2.32. The van der Waals surface area contributed by atoms with E-state index in [4.69, 9.17) is 9.47 Å². The molecule has 6 heteroatoms. The van der Waals surface area contributed by atoms with Crippen LogP contribution in [0.5, 0.6) is 11.5 Å². The second-order valence-electron chi connectivity index (χ2n) is 10.2. The average molecular weight is 496 g/mol. The summed E-state index contributed by atoms with van der Waals surface area (Å²) in [7, 11) is 0. The maximum atomic E-state index is 13.3. The normalized spacial score (nSPS) is 15.5. The molecular formula is C31H33N3O3. The van der Waals surface area contributed by atoms with Crippen LogP contribution in [-0.4, -0.2) is 60.2 Å². The molecule has 37 heavy (non-hydrogen) atoms. The van der Waals surface area contributed by atoms with Gasteiger partial charge in [-0.25, -0.2) is 0 Å². The van der Waals surface area contributed by atoms with Crippen molar-refractivity contribution in [2.75, 3.05) is 39.5 Å². The molecule has 1 fully saturated rings. The third kappa shape index (κ3) is 4.94. The quantitative estimate of drug-likeness (QED) is 0.404. The monoisotopic (exact) mass is 495 g/mol. The number of carbonyl (C=O) groups is 1. The van der Waals surface area contributed by atoms with Gasteiger partial charge in [-0.15, -0.1) is 0 Å². The van der Waals surface area contributed by atoms with Crippen LogP contribution in [-0.2, 0) is 12.8 Å². The summed E-state index contributed by atoms with van der Waals surface area (Å²) >= 11 is 0. The first kappa shape index (κ1) is 23.6. The summed E-state index contributed by atoms with van der Waals surface area (Å²) in [5, 5.41) is 1.28. The zero-order valence-electron chi connectivity index (χ0n) is 21.5. The molecule has 0 aliphatic carbocycles. The molecule has 2 aliphatic rings. The average Bonchev–Trinajstić information content (AvgIpc) is 3.51. The van der Waals surface area contributed by atoms with Crippen molar-refractivity contribution in [2.45, 2.75) is 26.7 Å². The van der Waals surface area contributed by atoms with Gasteiger partial charge in [0, 0.05) is 54.9 Å². The molecule has 3 aromatic carbocycles. The van der Waals surface area contributed by atoms with Crippen LogP contribution >= 0.6 is 0 Å². The number of nitrogens with one attached hydrogen (secondary N) is 1. The van der Waals surface area contributed by atoms with Crippen LogP contribution < -0.4 is 9.47 Å². The lowest BCUT2D eigenvalue weighted by molar-refractivity contribution is 0.0638. The van der Waals surface area contributed by atoms with Crippen molar-refractivity contribution in [2.24, 2.45) is 0 Å². The van der Waals surface area contributed by atoms with E-state index >= 15 is 0 Å². The molecule has 2 aliphatic heterocycles. The van der Waals surface area contributed by atoms with Gasteiger partial charge in [0.25, 0.3) is 5.91 Å². The van der Waals surface area contributed by atoms with Gasteiger partial charge < -0.3 is 19.4 Å². The van der Waals surface area contributed by atoms with E-state index in [9.17, 15) is 4.79 Å². The fourth-order valence-electron chi connectivity index (χ4n) is 5.41. The number of aromatic nitrogens is 1. The second kappa shape index (κ2) is 9.94. The van der Waals surface area contributed by atoms with Gasteiger partial charge in [0.15, 0.2) is 11.5 Å². The van der Waals surface area contributed by atoms with Crippen molar-refractivity contribution in [3.8, 4) is 11.5 Å². The standard InChI is InChI=1S/C31H33N3O3/c1-21-22(2)32-28-8-6-25(18-27(21)28)16-24-4-3-5-26(17-24)31(35)34-14-12-33(13-15-34)11-10-23-7-9-29-30(19-23)37-20-36-29/h3-9,17-19,32H,10-16,20H2,1-2H3. The molecule has 0 unspecified atom stereocenters. The number of amides is 1. The number of piperazine rings is 1. The van der Waals surface area contributed by atoms with Crippen molar-refractivity contribution in [1.82, 2.24) is 14.8 Å². The highest BCUT2D eigenvalue weighted by Gasteiger charge is 2.22. The molecule has 6 rings (SSSR count). The van der Waals surface area contributed by atoms with Crippen LogP contribution in [0.2, 0.25) is 0 Å². The maximum Gasteiger partial charge on any atom is 0.253 e. The van der Waals surface area contributed by atoms with Gasteiger partial charge in [-0.3, -0.25) is 9.69 Å². The number of aromatic amines is 1. The maximum absolute atomic E-state index is 13.3. The molecule has 1 amide bonds. The van der Waals surface area contributed by atoms with Gasteiger partial charge in [0.1, 0.15) is 0 Å². The van der Waals surface area contributed by atoms with E-state index in [1.165, 1.54) is 33.3 Å². The molecule has 0 bridgehead atoms. The number of rotatable bonds is 6. The third-order valence-corrected chi connectivity index (χ3v) is 7.77. The molecule has 190 valence electrons. The Morgan fingerprint density at radius 1 is 0.865 bits per heavy atom. The first-order valence-corrected chi connectivity index (χ1v) is 13.1. The molecule has 6 nitrogen and oxygen atoms in total. The van der Waals surface area contributed by atoms with Gasteiger partial charge in [-0.05, 0) is 85.3 Å². The van der Waals surface area contributed by atoms with Gasteiger partial charge in [-0.1, -0.05) is 24.3 Å². The third-order valence-electron chi connectivity index (χ3n) is 7.77. The molecule has 1 N–H and O–H groups in total. The molecule has 1 saturated heterocycles. The Kier molecular flexibility index (Phi) is 6.35. The summed E-state index contributed by atoms with van der Waals surface area (Å²) in [6.07, 6.45) is 1.77. The van der Waals surface area contributed by atoms with E-state index in [0.29, 0.717) is 6.79 Å². The van der Waals surface area contributed by atoms with E-state index in [0.717, 1.165) is 68.2 Å². The Bertz CT molecular complexity index is 1450. The number of carbonyl (C=O) groups excluding carboxylic acids is 1. The molecular weight excluding hydrogens is 462 g/mol. The first-order valence-electron chi connectivity index (χ1n) is 13.1. The fourth-order valence-corrected chi connectivity index (χ4v) is 5.41. The number of hydrogen-bond donors (Lipinski definition) is 1. The van der Waals surface area contributed by atoms with Gasteiger partial charge in [0.05, 0.1) is 0 Å². The van der Waals surface area contributed by atoms with Crippen molar-refractivity contribution in [1.29, 1.82) is 0 Å². The lowest BCUT2D eigenvalue weighted by atomic mass is 10.0. The van der Waals surface area contributed by atoms with Crippen LogP contribution in [0.1, 0.15) is 38.3 Å². The van der Waals surface area contributed by atoms with E-state index in [1.807, 2.05) is 23.1 Å². The van der Waals surface area contributed by atoms with Crippen LogP contribution in [0, 0.1) is 13.8 Å². The van der Waals surface area contributed by atoms with E-state index < -0.39 is 0 Å². The van der Waals surface area contributed by atoms with Gasteiger partial charge in [-0.2, -0.15) is 0 Å². The number of benzene rings is 3. The Morgan fingerprint density at radius 3 is 2.51 bits per heavy atom. The summed E-state index contributed by atoms with van der Waals surface area (Å²) < 4.78 is 10.9. The van der Waals surface area contributed by atoms with Crippen LogP contribution in [0.15, 0.2) is 60.7 Å². The predicted molar refractivity (Wildman–Crippen MR) is 146 cm³/mol. The Morgan fingerprint density at radius 2 is 1.65 bits per heavy atom. The minimum atomic E-state index is 0.129. The van der Waals surface area contributed by atoms with Crippen molar-refractivity contribution >= 4 is 16.8 Å². The SMILES string of the molecule is Cc1[nH]c2ccc(Cc3cccc(C(=O)N4CCN(CCc5ccc6c(c5)OCO6)CC4)c3)cc2c1C. The van der Waals surface area contributed by atoms with E-state index in [2.05, 4.69) is 66.2 Å². The molecule has 0 radical (unpaired) electrons. The summed E-state index contributed by atoms with van der Waals surface area (Å²) in [6.45, 7) is 8.86. The second-order valence-corrected chi connectivity index (χ2v) is 10.2. The molecule has 0 atom stereocenters. The number of fused-ring (bicyclic) bond motifs is 2. The molecule has 3 heterocycles. The summed E-state index contributed by atoms with van der Waals surface area (Å²) in [5.74, 6) is 1.79. The fraction of sp³-hybridized carbons (Fsp3) is 0.323. The van der Waals surface area contributed by atoms with Crippen LogP contribution in [0.25, 0.3) is 10.9 Å². The van der Waals surface area contributed by atoms with E-state index in [1.54, 1.807) is 0 Å². The molecule has 1 aromatic heterocycles. The van der Waals surface area contributed by atoms with Crippen LogP contribution in [0.3, 0.4) is 0 Å². The Labute approximate surface area is 217 Å². The highest BCUT2D eigenvalue weighted by molar-refractivity contribution is 5.94. The predicted octanol–water partition coefficient (Wildman–Crippen LogP) is 5.10. The molecule has 0 saturated carbocycles. The number of nitrogens with zero attached hydrogens (tertiary/aromatic N) is 2. The number of hydrogen-bond acceptors (Lipinski definition) is 4. The number of aryl methyl sites for hydroxylation is 2. The van der Waals surface area contributed by atoms with Gasteiger partial charge in [0.2, 0.25) is 6.79 Å². The topological polar surface area (TPSA) is 57.8 Å². The summed E-state index contributed by atoms with van der Waals surface area (Å²) in [4.78, 5) is 21.2. The Hall–Kier alpha value is -3.77. The largest absolute Gasteiger partial charge is 0.454 e. The number of ether oxygens (including phenoxy) is 2. The minimum absolute atomic E-state index is 0.129. The Balaban J connectivity index is 1.05. The molecule has 4 aromatic rings. The highest BCUT2D eigenvalue weighted by atomic mass is 16.7. The lowest BCUT2D eigenvalue weighted by Crippen LogP contribution is -2.49. The minimum Gasteiger partial charge on any atom is -0.454 e. The lowest BCUT2D eigenvalue weighted by Gasteiger charge is -2.34. The van der Waals surface area contributed by atoms with Gasteiger partial charge >= 0.3 is 0 Å². The zero-order valence-corrected chi connectivity index (χ0v) is 21.5. The number of H-pyrrole nitrogens is 1. The van der Waals surface area contributed by atoms with E-state index in [-0.39, 0.29) is 5.91 Å². The molecule has 0 spiro atoms. The van der Waals surface area contributed by atoms with Crippen LogP contribution in [0.4, 0.5) is 0 Å². The van der Waals surface area contributed by atoms with Crippen molar-refractivity contribution in [3.05, 3.63) is 94.2 Å². The zero-order chi connectivity index (χ0) is 25.4. The first-order chi connectivity index (χ1) is 18.0. The van der Waals surface area contributed by atoms with Crippen molar-refractivity contribution in [3.63, 3.8) is 0 Å². The summed E-state index contributed by atoms with van der Waals surface area (Å²) in [6, 6.07) is 20.9. The van der Waals surface area contributed by atoms with Crippen molar-refractivity contribution < 1.29 is 14.3 Å². The smallest absolute Gasteiger partial charge is 0.253 e. The summed E-state index contributed by atoms with van der Waals surface area (Å²) in [5.41, 5.74) is 8.15.